The van der Waals surface area contributed by atoms with Crippen molar-refractivity contribution in [2.24, 2.45) is 0 Å². The van der Waals surface area contributed by atoms with Crippen LogP contribution in [0.1, 0.15) is 42.1 Å². The predicted octanol–water partition coefficient (Wildman–Crippen LogP) is 4.87. The molecule has 3 rings (SSSR count). The van der Waals surface area contributed by atoms with Crippen LogP contribution in [0, 0.1) is 0 Å². The maximum absolute atomic E-state index is 13.2. The minimum absolute atomic E-state index is 0.0405. The number of methoxy groups -OCH3 is 2. The van der Waals surface area contributed by atoms with Crippen molar-refractivity contribution in [3.8, 4) is 11.5 Å². The van der Waals surface area contributed by atoms with E-state index in [2.05, 4.69) is 0 Å². The molecule has 172 valence electrons. The van der Waals surface area contributed by atoms with Crippen molar-refractivity contribution in [2.45, 2.75) is 37.4 Å². The molecule has 2 atom stereocenters. The molecule has 0 N–H and O–H groups in total. The molecule has 1 saturated heterocycles. The van der Waals surface area contributed by atoms with Gasteiger partial charge in [-0.2, -0.15) is 0 Å². The predicted molar refractivity (Wildman–Crippen MR) is 129 cm³/mol. The van der Waals surface area contributed by atoms with Gasteiger partial charge in [-0.25, -0.2) is 0 Å². The lowest BCUT2D eigenvalue weighted by molar-refractivity contribution is -0.130. The molecule has 1 fully saturated rings. The molecular weight excluding hydrogens is 448 g/mol. The first-order valence-electron chi connectivity index (χ1n) is 10.5. The summed E-state index contributed by atoms with van der Waals surface area (Å²) in [4.78, 5) is 29.8. The second-order valence-corrected chi connectivity index (χ2v) is 9.68. The van der Waals surface area contributed by atoms with Gasteiger partial charge in [0, 0.05) is 24.7 Å². The van der Waals surface area contributed by atoms with Crippen molar-refractivity contribution in [2.75, 3.05) is 27.3 Å². The summed E-state index contributed by atoms with van der Waals surface area (Å²) in [5, 5.41) is -0.00164. The molecule has 0 aromatic heterocycles. The average molecular weight is 477 g/mol. The van der Waals surface area contributed by atoms with Crippen molar-refractivity contribution in [1.29, 1.82) is 0 Å². The van der Waals surface area contributed by atoms with Gasteiger partial charge < -0.3 is 19.3 Å². The molecule has 1 aliphatic heterocycles. The first-order chi connectivity index (χ1) is 15.3. The smallest absolute Gasteiger partial charge is 0.255 e. The number of benzene rings is 2. The lowest BCUT2D eigenvalue weighted by Gasteiger charge is -2.31. The fourth-order valence-electron chi connectivity index (χ4n) is 3.77. The molecule has 0 saturated carbocycles. The molecule has 2 aromatic carbocycles. The lowest BCUT2D eigenvalue weighted by Crippen LogP contribution is -2.44. The molecule has 0 radical (unpaired) electrons. The Morgan fingerprint density at radius 1 is 1.19 bits per heavy atom. The van der Waals surface area contributed by atoms with Gasteiger partial charge >= 0.3 is 0 Å². The SMILES string of the molecule is COc1ccc(OC)c([C@@H]2S[C@@H](C)C(=O)N2CCN(C(=O)c2ccccc2Cl)C(C)C)c1. The van der Waals surface area contributed by atoms with E-state index >= 15 is 0 Å². The number of hydrogen-bond donors (Lipinski definition) is 0. The second kappa shape index (κ2) is 10.5. The van der Waals surface area contributed by atoms with E-state index < -0.39 is 0 Å². The monoisotopic (exact) mass is 476 g/mol. The van der Waals surface area contributed by atoms with E-state index in [9.17, 15) is 9.59 Å². The Labute approximate surface area is 198 Å². The van der Waals surface area contributed by atoms with E-state index in [0.29, 0.717) is 35.2 Å². The summed E-state index contributed by atoms with van der Waals surface area (Å²) in [6.45, 7) is 6.61. The number of ether oxygens (including phenoxy) is 2. The summed E-state index contributed by atoms with van der Waals surface area (Å²) in [5.74, 6) is 1.29. The Balaban J connectivity index is 1.86. The second-order valence-electron chi connectivity index (χ2n) is 7.84. The molecule has 8 heteroatoms. The molecule has 32 heavy (non-hydrogen) atoms. The van der Waals surface area contributed by atoms with Crippen LogP contribution in [0.15, 0.2) is 42.5 Å². The Hall–Kier alpha value is -2.38. The first-order valence-corrected chi connectivity index (χ1v) is 11.8. The Bertz CT molecular complexity index is 984. The number of carbonyl (C=O) groups excluding carboxylic acids is 2. The van der Waals surface area contributed by atoms with E-state index in [1.807, 2.05) is 43.9 Å². The number of hydrogen-bond acceptors (Lipinski definition) is 5. The summed E-state index contributed by atoms with van der Waals surface area (Å²) in [6, 6.07) is 12.6. The number of amides is 2. The number of halogens is 1. The van der Waals surface area contributed by atoms with Gasteiger partial charge in [-0.05, 0) is 51.1 Å². The highest BCUT2D eigenvalue weighted by atomic mass is 35.5. The van der Waals surface area contributed by atoms with Gasteiger partial charge in [-0.1, -0.05) is 23.7 Å². The molecule has 1 heterocycles. The van der Waals surface area contributed by atoms with Gasteiger partial charge in [0.25, 0.3) is 5.91 Å². The normalized spacial score (nSPS) is 18.2. The Morgan fingerprint density at radius 3 is 2.53 bits per heavy atom. The quantitative estimate of drug-likeness (QED) is 0.544. The maximum atomic E-state index is 13.2. The van der Waals surface area contributed by atoms with Crippen LogP contribution in [0.25, 0.3) is 0 Å². The number of rotatable bonds is 8. The topological polar surface area (TPSA) is 59.1 Å². The zero-order chi connectivity index (χ0) is 23.4. The van der Waals surface area contributed by atoms with Gasteiger partial charge in [-0.15, -0.1) is 11.8 Å². The van der Waals surface area contributed by atoms with Gasteiger partial charge in [0.15, 0.2) is 0 Å². The highest BCUT2D eigenvalue weighted by molar-refractivity contribution is 8.01. The van der Waals surface area contributed by atoms with E-state index in [1.165, 1.54) is 0 Å². The van der Waals surface area contributed by atoms with Crippen LogP contribution in [0.5, 0.6) is 11.5 Å². The molecule has 2 aromatic rings. The summed E-state index contributed by atoms with van der Waals surface area (Å²) in [5.41, 5.74) is 1.34. The zero-order valence-corrected chi connectivity index (χ0v) is 20.6. The summed E-state index contributed by atoms with van der Waals surface area (Å²) in [7, 11) is 3.23. The molecule has 0 spiro atoms. The van der Waals surface area contributed by atoms with Gasteiger partial charge in [-0.3, -0.25) is 9.59 Å². The molecule has 2 amide bonds. The highest BCUT2D eigenvalue weighted by Gasteiger charge is 2.40. The van der Waals surface area contributed by atoms with Crippen molar-refractivity contribution in [3.63, 3.8) is 0 Å². The van der Waals surface area contributed by atoms with Crippen LogP contribution in [-0.4, -0.2) is 60.2 Å². The van der Waals surface area contributed by atoms with E-state index in [-0.39, 0.29) is 28.5 Å². The number of carbonyl (C=O) groups is 2. The van der Waals surface area contributed by atoms with Crippen LogP contribution >= 0.6 is 23.4 Å². The third kappa shape index (κ3) is 4.99. The molecule has 0 aliphatic carbocycles. The van der Waals surface area contributed by atoms with Crippen molar-refractivity contribution in [1.82, 2.24) is 9.80 Å². The standard InChI is InChI=1S/C24H29ClN2O4S/c1-15(2)26(23(29)18-8-6-7-9-20(18)25)12-13-27-22(28)16(3)32-24(27)19-14-17(30-4)10-11-21(19)31-5/h6-11,14-16,24H,12-13H2,1-5H3/t16-,24-/m0/s1. The minimum Gasteiger partial charge on any atom is -0.497 e. The fourth-order valence-corrected chi connectivity index (χ4v) is 5.32. The summed E-state index contributed by atoms with van der Waals surface area (Å²) >= 11 is 7.83. The number of nitrogens with zero attached hydrogens (tertiary/aromatic N) is 2. The zero-order valence-electron chi connectivity index (χ0n) is 19.0. The molecular formula is C24H29ClN2O4S. The van der Waals surface area contributed by atoms with Crippen molar-refractivity contribution in [3.05, 3.63) is 58.6 Å². The minimum atomic E-state index is -0.230. The largest absolute Gasteiger partial charge is 0.497 e. The van der Waals surface area contributed by atoms with Crippen LogP contribution in [0.2, 0.25) is 5.02 Å². The van der Waals surface area contributed by atoms with Gasteiger partial charge in [0.05, 0.1) is 30.1 Å². The molecule has 6 nitrogen and oxygen atoms in total. The first kappa shape index (κ1) is 24.3. The van der Waals surface area contributed by atoms with E-state index in [0.717, 1.165) is 5.56 Å². The maximum Gasteiger partial charge on any atom is 0.255 e. The summed E-state index contributed by atoms with van der Waals surface area (Å²) in [6.07, 6.45) is 0. The number of thioether (sulfide) groups is 1. The highest BCUT2D eigenvalue weighted by Crippen LogP contribution is 2.46. The Morgan fingerprint density at radius 2 is 1.91 bits per heavy atom. The fraction of sp³-hybridized carbons (Fsp3) is 0.417. The van der Waals surface area contributed by atoms with Crippen LogP contribution in [0.4, 0.5) is 0 Å². The molecule has 0 unspecified atom stereocenters. The summed E-state index contributed by atoms with van der Waals surface area (Å²) < 4.78 is 11.0. The van der Waals surface area contributed by atoms with Gasteiger partial charge in [0.2, 0.25) is 5.91 Å². The van der Waals surface area contributed by atoms with Crippen molar-refractivity contribution < 1.29 is 19.1 Å². The van der Waals surface area contributed by atoms with E-state index in [1.54, 1.807) is 55.1 Å². The van der Waals surface area contributed by atoms with Gasteiger partial charge in [0.1, 0.15) is 16.9 Å². The Kier molecular flexibility index (Phi) is 7.96. The van der Waals surface area contributed by atoms with Crippen LogP contribution in [0.3, 0.4) is 0 Å². The molecule has 1 aliphatic rings. The lowest BCUT2D eigenvalue weighted by atomic mass is 10.1. The van der Waals surface area contributed by atoms with Crippen LogP contribution < -0.4 is 9.47 Å². The average Bonchev–Trinajstić information content (AvgIpc) is 3.07. The molecule has 0 bridgehead atoms. The third-order valence-corrected chi connectivity index (χ3v) is 7.23. The van der Waals surface area contributed by atoms with E-state index in [4.69, 9.17) is 21.1 Å². The third-order valence-electron chi connectivity index (χ3n) is 5.52. The van der Waals surface area contributed by atoms with Crippen molar-refractivity contribution >= 4 is 35.2 Å². The van der Waals surface area contributed by atoms with Crippen LogP contribution in [-0.2, 0) is 4.79 Å².